The second kappa shape index (κ2) is 4.55. The Morgan fingerprint density at radius 1 is 1.60 bits per heavy atom. The van der Waals surface area contributed by atoms with Crippen molar-refractivity contribution in [3.05, 3.63) is 23.3 Å². The molecular formula is C10H14N4S. The Labute approximate surface area is 92.8 Å². The number of hydrogen-bond acceptors (Lipinski definition) is 4. The van der Waals surface area contributed by atoms with Crippen LogP contribution in [0.2, 0.25) is 0 Å². The average molecular weight is 222 g/mol. The van der Waals surface area contributed by atoms with Crippen LogP contribution in [0.3, 0.4) is 0 Å². The molecule has 0 radical (unpaired) electrons. The van der Waals surface area contributed by atoms with Crippen molar-refractivity contribution in [1.82, 2.24) is 20.5 Å². The summed E-state index contributed by atoms with van der Waals surface area (Å²) in [5, 5.41) is 12.4. The first-order valence-electron chi connectivity index (χ1n) is 4.98. The van der Waals surface area contributed by atoms with E-state index in [4.69, 9.17) is 0 Å². The van der Waals surface area contributed by atoms with Crippen LogP contribution in [0.4, 0.5) is 0 Å². The largest absolute Gasteiger partial charge is 0.310 e. The highest BCUT2D eigenvalue weighted by Crippen LogP contribution is 2.22. The number of rotatable bonds is 4. The summed E-state index contributed by atoms with van der Waals surface area (Å²) >= 11 is 1.65. The van der Waals surface area contributed by atoms with Gasteiger partial charge < -0.3 is 5.32 Å². The van der Waals surface area contributed by atoms with E-state index in [0.29, 0.717) is 0 Å². The van der Waals surface area contributed by atoms with Crippen LogP contribution >= 0.6 is 11.3 Å². The minimum atomic E-state index is 0.256. The van der Waals surface area contributed by atoms with Crippen LogP contribution in [-0.4, -0.2) is 22.2 Å². The Morgan fingerprint density at radius 2 is 2.47 bits per heavy atom. The van der Waals surface area contributed by atoms with Crippen LogP contribution in [0.5, 0.6) is 0 Å². The lowest BCUT2D eigenvalue weighted by Crippen LogP contribution is -2.16. The van der Waals surface area contributed by atoms with Gasteiger partial charge in [0.05, 0.1) is 10.9 Å². The van der Waals surface area contributed by atoms with Crippen molar-refractivity contribution >= 4 is 11.3 Å². The molecule has 0 bridgehead atoms. The predicted octanol–water partition coefficient (Wildman–Crippen LogP) is 2.20. The lowest BCUT2D eigenvalue weighted by Gasteiger charge is -2.08. The van der Waals surface area contributed by atoms with Crippen LogP contribution in [0.25, 0.3) is 10.7 Å². The van der Waals surface area contributed by atoms with E-state index < -0.39 is 0 Å². The van der Waals surface area contributed by atoms with Crippen molar-refractivity contribution in [2.24, 2.45) is 0 Å². The summed E-state index contributed by atoms with van der Waals surface area (Å²) in [5.41, 5.74) is 0. The topological polar surface area (TPSA) is 53.6 Å². The molecule has 1 atom stereocenters. The molecule has 0 amide bonds. The maximum absolute atomic E-state index is 4.48. The molecule has 2 N–H and O–H groups in total. The van der Waals surface area contributed by atoms with Crippen molar-refractivity contribution in [3.8, 4) is 10.7 Å². The molecule has 0 aliphatic carbocycles. The van der Waals surface area contributed by atoms with E-state index in [0.717, 1.165) is 22.9 Å². The van der Waals surface area contributed by atoms with Crippen molar-refractivity contribution < 1.29 is 0 Å². The molecule has 5 heteroatoms. The Hall–Kier alpha value is -1.20. The maximum Gasteiger partial charge on any atom is 0.191 e. The first kappa shape index (κ1) is 10.3. The van der Waals surface area contributed by atoms with E-state index in [1.165, 1.54) is 0 Å². The molecule has 0 fully saturated rings. The number of thiophene rings is 1. The van der Waals surface area contributed by atoms with Crippen LogP contribution in [0, 0.1) is 0 Å². The number of H-pyrrole nitrogens is 1. The van der Waals surface area contributed by atoms with Gasteiger partial charge in [-0.05, 0) is 24.9 Å². The average Bonchev–Trinajstić information content (AvgIpc) is 2.89. The van der Waals surface area contributed by atoms with Crippen LogP contribution in [-0.2, 0) is 0 Å². The summed E-state index contributed by atoms with van der Waals surface area (Å²) in [6, 6.07) is 4.29. The van der Waals surface area contributed by atoms with E-state index in [1.54, 1.807) is 11.3 Å². The summed E-state index contributed by atoms with van der Waals surface area (Å²) in [5.74, 6) is 1.69. The molecule has 0 aromatic carbocycles. The molecule has 2 rings (SSSR count). The predicted molar refractivity (Wildman–Crippen MR) is 61.8 cm³/mol. The molecule has 0 saturated carbocycles. The Kier molecular flexibility index (Phi) is 3.13. The molecule has 2 aromatic heterocycles. The van der Waals surface area contributed by atoms with E-state index in [-0.39, 0.29) is 6.04 Å². The molecule has 80 valence electrons. The zero-order chi connectivity index (χ0) is 10.7. The summed E-state index contributed by atoms with van der Waals surface area (Å²) in [4.78, 5) is 5.58. The van der Waals surface area contributed by atoms with Gasteiger partial charge in [-0.1, -0.05) is 13.0 Å². The second-order valence-electron chi connectivity index (χ2n) is 3.27. The van der Waals surface area contributed by atoms with Crippen LogP contribution < -0.4 is 5.32 Å². The maximum atomic E-state index is 4.48. The zero-order valence-electron chi connectivity index (χ0n) is 8.82. The van der Waals surface area contributed by atoms with E-state index in [1.807, 2.05) is 24.6 Å². The molecular weight excluding hydrogens is 208 g/mol. The monoisotopic (exact) mass is 222 g/mol. The van der Waals surface area contributed by atoms with Crippen LogP contribution in [0.15, 0.2) is 17.5 Å². The lowest BCUT2D eigenvalue weighted by atomic mass is 10.2. The molecule has 0 aliphatic rings. The summed E-state index contributed by atoms with van der Waals surface area (Å²) < 4.78 is 0. The van der Waals surface area contributed by atoms with E-state index in [2.05, 4.69) is 27.4 Å². The number of aromatic nitrogens is 3. The van der Waals surface area contributed by atoms with Crippen molar-refractivity contribution in [2.45, 2.75) is 19.4 Å². The summed E-state index contributed by atoms with van der Waals surface area (Å²) in [7, 11) is 1.93. The van der Waals surface area contributed by atoms with Crippen molar-refractivity contribution in [2.75, 3.05) is 7.05 Å². The minimum Gasteiger partial charge on any atom is -0.310 e. The van der Waals surface area contributed by atoms with Gasteiger partial charge in [-0.2, -0.15) is 5.10 Å². The Balaban J connectivity index is 2.24. The third-order valence-electron chi connectivity index (χ3n) is 2.33. The molecule has 2 heterocycles. The molecule has 2 aromatic rings. The van der Waals surface area contributed by atoms with Gasteiger partial charge in [-0.25, -0.2) is 4.98 Å². The molecule has 0 aliphatic heterocycles. The Bertz CT molecular complexity index is 403. The van der Waals surface area contributed by atoms with Crippen LogP contribution in [0.1, 0.15) is 25.2 Å². The van der Waals surface area contributed by atoms with Gasteiger partial charge in [0.15, 0.2) is 5.82 Å². The molecule has 0 saturated heterocycles. The fourth-order valence-electron chi connectivity index (χ4n) is 1.48. The van der Waals surface area contributed by atoms with E-state index in [9.17, 15) is 0 Å². The van der Waals surface area contributed by atoms with Gasteiger partial charge in [0.2, 0.25) is 0 Å². The van der Waals surface area contributed by atoms with Crippen molar-refractivity contribution in [3.63, 3.8) is 0 Å². The third-order valence-corrected chi connectivity index (χ3v) is 3.20. The zero-order valence-corrected chi connectivity index (χ0v) is 9.64. The molecule has 4 nitrogen and oxygen atoms in total. The fourth-order valence-corrected chi connectivity index (χ4v) is 2.14. The number of nitrogens with one attached hydrogen (secondary N) is 2. The lowest BCUT2D eigenvalue weighted by molar-refractivity contribution is 0.546. The van der Waals surface area contributed by atoms with Gasteiger partial charge in [-0.15, -0.1) is 11.3 Å². The minimum absolute atomic E-state index is 0.256. The summed E-state index contributed by atoms with van der Waals surface area (Å²) in [6.07, 6.45) is 0.996. The summed E-state index contributed by atoms with van der Waals surface area (Å²) in [6.45, 7) is 2.12. The van der Waals surface area contributed by atoms with Gasteiger partial charge in [-0.3, -0.25) is 5.10 Å². The molecule has 1 unspecified atom stereocenters. The van der Waals surface area contributed by atoms with Gasteiger partial charge >= 0.3 is 0 Å². The molecule has 0 spiro atoms. The van der Waals surface area contributed by atoms with E-state index >= 15 is 0 Å². The highest BCUT2D eigenvalue weighted by molar-refractivity contribution is 7.13. The van der Waals surface area contributed by atoms with Gasteiger partial charge in [0.25, 0.3) is 0 Å². The molecule has 15 heavy (non-hydrogen) atoms. The standard InChI is InChI=1S/C10H14N4S/c1-3-7(11-2)9-12-10(14-13-9)8-5-4-6-15-8/h4-7,11H,3H2,1-2H3,(H,12,13,14). The fraction of sp³-hybridized carbons (Fsp3) is 0.400. The Morgan fingerprint density at radius 3 is 3.07 bits per heavy atom. The van der Waals surface area contributed by atoms with Gasteiger partial charge in [0.1, 0.15) is 5.82 Å². The first-order valence-corrected chi connectivity index (χ1v) is 5.86. The van der Waals surface area contributed by atoms with Crippen molar-refractivity contribution in [1.29, 1.82) is 0 Å². The number of aromatic amines is 1. The number of hydrogen-bond donors (Lipinski definition) is 2. The number of nitrogens with zero attached hydrogens (tertiary/aromatic N) is 2. The highest BCUT2D eigenvalue weighted by atomic mass is 32.1. The third kappa shape index (κ3) is 2.08. The quantitative estimate of drug-likeness (QED) is 0.834. The SMILES string of the molecule is CCC(NC)c1nc(-c2cccs2)n[nH]1. The highest BCUT2D eigenvalue weighted by Gasteiger charge is 2.13. The normalized spacial score (nSPS) is 12.9. The van der Waals surface area contributed by atoms with Gasteiger partial charge in [0, 0.05) is 0 Å². The first-order chi connectivity index (χ1) is 7.35. The second-order valence-corrected chi connectivity index (χ2v) is 4.22. The smallest absolute Gasteiger partial charge is 0.191 e.